The number of hydrogen-bond donors (Lipinski definition) is 0. The standard InChI is InChI=1S/C25H25N3O2S/c1-27(2)19-10-7-17(8-11-19)18-9-12-23-21(15-18)26-25(30-23)22-6-3-13-28(22)24(29)16-20-5-4-14-31-20/h4-5,7-12,14-15,22H,3,6,13,16H2,1-2H3. The molecule has 1 saturated heterocycles. The van der Waals surface area contributed by atoms with E-state index in [0.29, 0.717) is 12.3 Å². The van der Waals surface area contributed by atoms with E-state index in [1.165, 1.54) is 5.69 Å². The van der Waals surface area contributed by atoms with Crippen molar-refractivity contribution < 1.29 is 9.21 Å². The number of amides is 1. The van der Waals surface area contributed by atoms with Gasteiger partial charge in [0.25, 0.3) is 0 Å². The molecule has 0 bridgehead atoms. The summed E-state index contributed by atoms with van der Waals surface area (Å²) in [4.78, 5) is 22.8. The Morgan fingerprint density at radius 3 is 2.71 bits per heavy atom. The molecule has 31 heavy (non-hydrogen) atoms. The quantitative estimate of drug-likeness (QED) is 0.417. The Labute approximate surface area is 185 Å². The molecule has 6 heteroatoms. The summed E-state index contributed by atoms with van der Waals surface area (Å²) >= 11 is 1.62. The van der Waals surface area contributed by atoms with Gasteiger partial charge in [-0.1, -0.05) is 24.3 Å². The average molecular weight is 432 g/mol. The van der Waals surface area contributed by atoms with E-state index in [4.69, 9.17) is 9.40 Å². The number of rotatable bonds is 5. The van der Waals surface area contributed by atoms with Gasteiger partial charge in [-0.05, 0) is 59.7 Å². The summed E-state index contributed by atoms with van der Waals surface area (Å²) in [5.41, 5.74) is 5.02. The lowest BCUT2D eigenvalue weighted by Crippen LogP contribution is -2.31. The number of oxazole rings is 1. The first-order valence-corrected chi connectivity index (χ1v) is 11.5. The number of carbonyl (C=O) groups excluding carboxylic acids is 1. The van der Waals surface area contributed by atoms with Crippen LogP contribution in [0.5, 0.6) is 0 Å². The van der Waals surface area contributed by atoms with Gasteiger partial charge in [-0.25, -0.2) is 4.98 Å². The van der Waals surface area contributed by atoms with Crippen LogP contribution in [0, 0.1) is 0 Å². The number of fused-ring (bicyclic) bond motifs is 1. The summed E-state index contributed by atoms with van der Waals surface area (Å²) < 4.78 is 6.10. The molecule has 1 unspecified atom stereocenters. The zero-order valence-electron chi connectivity index (χ0n) is 17.7. The van der Waals surface area contributed by atoms with Crippen molar-refractivity contribution in [2.75, 3.05) is 25.5 Å². The maximum absolute atomic E-state index is 12.9. The Balaban J connectivity index is 1.39. The minimum atomic E-state index is -0.0808. The number of nitrogens with zero attached hydrogens (tertiary/aromatic N) is 3. The zero-order valence-corrected chi connectivity index (χ0v) is 18.6. The molecule has 0 radical (unpaired) electrons. The van der Waals surface area contributed by atoms with Crippen LogP contribution in [0.4, 0.5) is 5.69 Å². The highest BCUT2D eigenvalue weighted by molar-refractivity contribution is 7.10. The van der Waals surface area contributed by atoms with Crippen LogP contribution in [0.25, 0.3) is 22.2 Å². The fourth-order valence-corrected chi connectivity index (χ4v) is 4.90. The topological polar surface area (TPSA) is 49.6 Å². The molecular formula is C25H25N3O2S. The number of thiophene rings is 1. The van der Waals surface area contributed by atoms with Gasteiger partial charge in [0, 0.05) is 31.2 Å². The van der Waals surface area contributed by atoms with E-state index >= 15 is 0 Å². The van der Waals surface area contributed by atoms with E-state index in [-0.39, 0.29) is 11.9 Å². The maximum Gasteiger partial charge on any atom is 0.228 e. The van der Waals surface area contributed by atoms with E-state index in [9.17, 15) is 4.79 Å². The molecule has 0 saturated carbocycles. The minimum Gasteiger partial charge on any atom is -0.438 e. The fourth-order valence-electron chi connectivity index (χ4n) is 4.21. The van der Waals surface area contributed by atoms with Crippen LogP contribution in [0.3, 0.4) is 0 Å². The van der Waals surface area contributed by atoms with Crippen molar-refractivity contribution in [2.24, 2.45) is 0 Å². The Kier molecular flexibility index (Phi) is 5.24. The van der Waals surface area contributed by atoms with Gasteiger partial charge in [0.05, 0.1) is 6.42 Å². The van der Waals surface area contributed by atoms with Gasteiger partial charge in [0.1, 0.15) is 11.6 Å². The van der Waals surface area contributed by atoms with Crippen molar-refractivity contribution in [3.05, 3.63) is 70.7 Å². The minimum absolute atomic E-state index is 0.0808. The molecule has 1 aliphatic rings. The van der Waals surface area contributed by atoms with Gasteiger partial charge in [-0.2, -0.15) is 0 Å². The van der Waals surface area contributed by atoms with Crippen molar-refractivity contribution in [1.82, 2.24) is 9.88 Å². The smallest absolute Gasteiger partial charge is 0.228 e. The Morgan fingerprint density at radius 2 is 1.97 bits per heavy atom. The molecule has 5 rings (SSSR count). The molecule has 5 nitrogen and oxygen atoms in total. The molecule has 0 N–H and O–H groups in total. The number of benzene rings is 2. The van der Waals surface area contributed by atoms with Crippen LogP contribution in [0.1, 0.15) is 29.7 Å². The molecule has 1 aliphatic heterocycles. The van der Waals surface area contributed by atoms with Crippen molar-refractivity contribution in [3.8, 4) is 11.1 Å². The first kappa shape index (κ1) is 19.8. The maximum atomic E-state index is 12.9. The fraction of sp³-hybridized carbons (Fsp3) is 0.280. The van der Waals surface area contributed by atoms with Crippen LogP contribution < -0.4 is 4.90 Å². The molecular weight excluding hydrogens is 406 g/mol. The predicted octanol–water partition coefficient (Wildman–Crippen LogP) is 5.53. The highest BCUT2D eigenvalue weighted by Crippen LogP contribution is 2.35. The largest absolute Gasteiger partial charge is 0.438 e. The zero-order chi connectivity index (χ0) is 21.4. The normalized spacial score (nSPS) is 16.2. The molecule has 3 heterocycles. The first-order valence-electron chi connectivity index (χ1n) is 10.6. The number of anilines is 1. The van der Waals surface area contributed by atoms with Crippen LogP contribution in [0.15, 0.2) is 64.4 Å². The monoisotopic (exact) mass is 431 g/mol. The Morgan fingerprint density at radius 1 is 1.16 bits per heavy atom. The van der Waals surface area contributed by atoms with E-state index in [0.717, 1.165) is 46.5 Å². The molecule has 1 amide bonds. The average Bonchev–Trinajstić information content (AvgIpc) is 3.53. The van der Waals surface area contributed by atoms with Crippen LogP contribution in [-0.4, -0.2) is 36.4 Å². The summed E-state index contributed by atoms with van der Waals surface area (Å²) in [7, 11) is 4.07. The van der Waals surface area contributed by atoms with Crippen molar-refractivity contribution in [2.45, 2.75) is 25.3 Å². The van der Waals surface area contributed by atoms with E-state index in [1.807, 2.05) is 42.6 Å². The van der Waals surface area contributed by atoms with Gasteiger partial charge in [0.15, 0.2) is 5.58 Å². The SMILES string of the molecule is CN(C)c1ccc(-c2ccc3oc(C4CCCN4C(=O)Cc4cccs4)nc3c2)cc1. The Bertz CT molecular complexity index is 1200. The highest BCUT2D eigenvalue weighted by atomic mass is 32.1. The van der Waals surface area contributed by atoms with Crippen molar-refractivity contribution >= 4 is 34.0 Å². The number of hydrogen-bond acceptors (Lipinski definition) is 5. The second-order valence-corrected chi connectivity index (χ2v) is 9.21. The van der Waals surface area contributed by atoms with Crippen LogP contribution in [0.2, 0.25) is 0 Å². The molecule has 4 aromatic rings. The highest BCUT2D eigenvalue weighted by Gasteiger charge is 2.33. The van der Waals surface area contributed by atoms with Gasteiger partial charge >= 0.3 is 0 Å². The van der Waals surface area contributed by atoms with Crippen LogP contribution >= 0.6 is 11.3 Å². The third kappa shape index (κ3) is 3.95. The number of likely N-dealkylation sites (tertiary alicyclic amines) is 1. The molecule has 158 valence electrons. The molecule has 1 fully saturated rings. The molecule has 0 aliphatic carbocycles. The van der Waals surface area contributed by atoms with E-state index in [2.05, 4.69) is 41.3 Å². The first-order chi connectivity index (χ1) is 15.1. The van der Waals surface area contributed by atoms with Crippen molar-refractivity contribution in [3.63, 3.8) is 0 Å². The summed E-state index contributed by atoms with van der Waals surface area (Å²) in [6.45, 7) is 0.761. The third-order valence-corrected chi connectivity index (χ3v) is 6.76. The third-order valence-electron chi connectivity index (χ3n) is 5.88. The predicted molar refractivity (Wildman–Crippen MR) is 125 cm³/mol. The lowest BCUT2D eigenvalue weighted by molar-refractivity contribution is -0.131. The van der Waals surface area contributed by atoms with Gasteiger partial charge in [-0.15, -0.1) is 11.3 Å². The summed E-state index contributed by atoms with van der Waals surface area (Å²) in [6, 6.07) is 18.5. The second-order valence-electron chi connectivity index (χ2n) is 8.18. The lowest BCUT2D eigenvalue weighted by Gasteiger charge is -2.22. The van der Waals surface area contributed by atoms with Crippen LogP contribution in [-0.2, 0) is 11.2 Å². The molecule has 2 aromatic heterocycles. The van der Waals surface area contributed by atoms with Gasteiger partial charge < -0.3 is 14.2 Å². The lowest BCUT2D eigenvalue weighted by atomic mass is 10.0. The number of carbonyl (C=O) groups is 1. The summed E-state index contributed by atoms with van der Waals surface area (Å²) in [5, 5.41) is 2.01. The van der Waals surface area contributed by atoms with Crippen molar-refractivity contribution in [1.29, 1.82) is 0 Å². The summed E-state index contributed by atoms with van der Waals surface area (Å²) in [6.07, 6.45) is 2.31. The number of aromatic nitrogens is 1. The summed E-state index contributed by atoms with van der Waals surface area (Å²) in [5.74, 6) is 0.793. The van der Waals surface area contributed by atoms with E-state index < -0.39 is 0 Å². The second kappa shape index (κ2) is 8.19. The Hall–Kier alpha value is -3.12. The molecule has 0 spiro atoms. The van der Waals surface area contributed by atoms with Gasteiger partial charge in [0.2, 0.25) is 11.8 Å². The molecule has 1 atom stereocenters. The van der Waals surface area contributed by atoms with E-state index in [1.54, 1.807) is 11.3 Å². The molecule has 2 aromatic carbocycles. The van der Waals surface area contributed by atoms with Gasteiger partial charge in [-0.3, -0.25) is 4.79 Å².